The smallest absolute Gasteiger partial charge is 0.171 e. The van der Waals surface area contributed by atoms with Crippen LogP contribution in [0.25, 0.3) is 11.0 Å². The Balaban J connectivity index is 1.58. The van der Waals surface area contributed by atoms with E-state index < -0.39 is 8.24 Å². The predicted molar refractivity (Wildman–Crippen MR) is 165 cm³/mol. The molecule has 3 aromatic rings. The van der Waals surface area contributed by atoms with Gasteiger partial charge in [0.05, 0.1) is 13.2 Å². The zero-order valence-electron chi connectivity index (χ0n) is 24.5. The molecule has 1 saturated heterocycles. The van der Waals surface area contributed by atoms with Gasteiger partial charge in [-0.2, -0.15) is 0 Å². The molecule has 1 aliphatic heterocycles. The molecule has 1 N–H and O–H groups in total. The quantitative estimate of drug-likeness (QED) is 0.295. The fourth-order valence-corrected chi connectivity index (χ4v) is 14.4. The van der Waals surface area contributed by atoms with Crippen molar-refractivity contribution < 1.29 is 4.74 Å². The van der Waals surface area contributed by atoms with E-state index in [1.54, 1.807) is 5.56 Å². The number of ether oxygens (including phenoxy) is 1. The summed E-state index contributed by atoms with van der Waals surface area (Å²) in [5.41, 5.74) is 6.96. The van der Waals surface area contributed by atoms with Crippen molar-refractivity contribution in [2.24, 2.45) is 0 Å². The van der Waals surface area contributed by atoms with Gasteiger partial charge >= 0.3 is 0 Å². The minimum absolute atomic E-state index is 0.626. The van der Waals surface area contributed by atoms with Gasteiger partial charge in [-0.05, 0) is 71.3 Å². The van der Waals surface area contributed by atoms with Crippen LogP contribution < -0.4 is 10.2 Å². The summed E-state index contributed by atoms with van der Waals surface area (Å²) in [4.78, 5) is 7.80. The fourth-order valence-electron chi connectivity index (χ4n) is 7.82. The molecule has 0 atom stereocenters. The first-order valence-corrected chi connectivity index (χ1v) is 17.2. The van der Waals surface area contributed by atoms with Gasteiger partial charge in [-0.1, -0.05) is 66.9 Å². The first-order valence-electron chi connectivity index (χ1n) is 15.0. The Kier molecular flexibility index (Phi) is 8.20. The standard InChI is InChI=1S/C32H48N4OSi/c1-23(2)38(24(3)4,25(5)6)36-22-30(26-11-8-7-9-12-26)29-15-16-31(34-32(29)36)33-27-13-10-14-28(21-27)35-17-19-37-20-18-35/h10,13-16,21-26H,7-9,11-12,17-20H2,1-6H3,(H,33,34). The van der Waals surface area contributed by atoms with E-state index in [4.69, 9.17) is 9.72 Å². The van der Waals surface area contributed by atoms with Gasteiger partial charge in [-0.15, -0.1) is 0 Å². The maximum atomic E-state index is 5.56. The number of aromatic nitrogens is 2. The summed E-state index contributed by atoms with van der Waals surface area (Å²) >= 11 is 0. The summed E-state index contributed by atoms with van der Waals surface area (Å²) in [5, 5.41) is 5.04. The minimum Gasteiger partial charge on any atom is -0.378 e. The zero-order valence-corrected chi connectivity index (χ0v) is 25.5. The van der Waals surface area contributed by atoms with E-state index in [-0.39, 0.29) is 0 Å². The second-order valence-electron chi connectivity index (χ2n) is 12.5. The number of nitrogens with one attached hydrogen (secondary N) is 1. The van der Waals surface area contributed by atoms with Crippen LogP contribution in [-0.2, 0) is 4.74 Å². The molecule has 5 rings (SSSR count). The molecule has 1 saturated carbocycles. The second-order valence-corrected chi connectivity index (χ2v) is 18.2. The fraction of sp³-hybridized carbons (Fsp3) is 0.594. The number of pyridine rings is 1. The zero-order chi connectivity index (χ0) is 26.9. The molecule has 2 fully saturated rings. The maximum Gasteiger partial charge on any atom is 0.171 e. The topological polar surface area (TPSA) is 42.3 Å². The third-order valence-corrected chi connectivity index (χ3v) is 16.1. The molecule has 206 valence electrons. The molecule has 0 spiro atoms. The highest BCUT2D eigenvalue weighted by Gasteiger charge is 2.46. The molecule has 1 aromatic carbocycles. The number of benzene rings is 1. The second kappa shape index (κ2) is 11.4. The van der Waals surface area contributed by atoms with Crippen LogP contribution >= 0.6 is 0 Å². The van der Waals surface area contributed by atoms with Crippen LogP contribution in [0.1, 0.15) is 85.1 Å². The van der Waals surface area contributed by atoms with Gasteiger partial charge in [0, 0.05) is 36.0 Å². The van der Waals surface area contributed by atoms with Crippen LogP contribution in [0.4, 0.5) is 17.2 Å². The van der Waals surface area contributed by atoms with Gasteiger partial charge < -0.3 is 19.2 Å². The number of nitrogens with zero attached hydrogens (tertiary/aromatic N) is 3. The maximum absolute atomic E-state index is 5.56. The number of fused-ring (bicyclic) bond motifs is 1. The van der Waals surface area contributed by atoms with Crippen molar-refractivity contribution in [3.8, 4) is 0 Å². The van der Waals surface area contributed by atoms with E-state index in [1.807, 2.05) is 0 Å². The molecule has 6 heteroatoms. The molecule has 0 amide bonds. The molecular formula is C32H48N4OSi. The van der Waals surface area contributed by atoms with Gasteiger partial charge in [-0.3, -0.25) is 0 Å². The number of morpholine rings is 1. The first-order chi connectivity index (χ1) is 18.3. The Morgan fingerprint density at radius 3 is 2.24 bits per heavy atom. The van der Waals surface area contributed by atoms with Crippen LogP contribution in [0.15, 0.2) is 42.6 Å². The Labute approximate surface area is 231 Å². The van der Waals surface area contributed by atoms with Crippen molar-refractivity contribution in [2.75, 3.05) is 36.5 Å². The summed E-state index contributed by atoms with van der Waals surface area (Å²) in [5.74, 6) is 1.60. The summed E-state index contributed by atoms with van der Waals surface area (Å²) in [7, 11) is -1.95. The molecule has 5 nitrogen and oxygen atoms in total. The summed E-state index contributed by atoms with van der Waals surface area (Å²) in [6.07, 6.45) is 9.28. The molecule has 2 aliphatic rings. The van der Waals surface area contributed by atoms with E-state index in [2.05, 4.69) is 98.6 Å². The Bertz CT molecular complexity index is 1200. The van der Waals surface area contributed by atoms with Crippen molar-refractivity contribution in [2.45, 2.75) is 96.2 Å². The summed E-state index contributed by atoms with van der Waals surface area (Å²) < 4.78 is 8.29. The van der Waals surface area contributed by atoms with Crippen molar-refractivity contribution in [1.82, 2.24) is 9.22 Å². The van der Waals surface area contributed by atoms with Gasteiger partial charge in [-0.25, -0.2) is 4.98 Å². The third-order valence-electron chi connectivity index (χ3n) is 9.41. The Hall–Kier alpha value is -2.31. The average Bonchev–Trinajstić information content (AvgIpc) is 3.28. The van der Waals surface area contributed by atoms with Crippen LogP contribution in [0.5, 0.6) is 0 Å². The van der Waals surface area contributed by atoms with Crippen LogP contribution in [-0.4, -0.2) is 43.8 Å². The van der Waals surface area contributed by atoms with Crippen molar-refractivity contribution >= 4 is 36.5 Å². The normalized spacial score (nSPS) is 17.8. The molecule has 0 radical (unpaired) electrons. The van der Waals surface area contributed by atoms with Crippen LogP contribution in [0.3, 0.4) is 0 Å². The lowest BCUT2D eigenvalue weighted by atomic mass is 9.84. The SMILES string of the molecule is CC(C)[Si](C(C)C)(C(C)C)n1cc(C2CCCCC2)c2ccc(Nc3cccc(N4CCOCC4)c3)nc21. The summed E-state index contributed by atoms with van der Waals surface area (Å²) in [6, 6.07) is 13.3. The molecule has 2 aromatic heterocycles. The Morgan fingerprint density at radius 1 is 0.895 bits per heavy atom. The van der Waals surface area contributed by atoms with Crippen molar-refractivity contribution in [1.29, 1.82) is 0 Å². The van der Waals surface area contributed by atoms with Crippen molar-refractivity contribution in [3.63, 3.8) is 0 Å². The monoisotopic (exact) mass is 532 g/mol. The lowest BCUT2D eigenvalue weighted by Crippen LogP contribution is -2.51. The third kappa shape index (κ3) is 5.02. The minimum atomic E-state index is -1.95. The number of rotatable bonds is 8. The number of hydrogen-bond donors (Lipinski definition) is 1. The van der Waals surface area contributed by atoms with Crippen LogP contribution in [0.2, 0.25) is 16.6 Å². The molecule has 1 aliphatic carbocycles. The number of hydrogen-bond acceptors (Lipinski definition) is 4. The largest absolute Gasteiger partial charge is 0.378 e. The lowest BCUT2D eigenvalue weighted by molar-refractivity contribution is 0.122. The van der Waals surface area contributed by atoms with E-state index in [0.29, 0.717) is 22.5 Å². The predicted octanol–water partition coefficient (Wildman–Crippen LogP) is 8.69. The van der Waals surface area contributed by atoms with Gasteiger partial charge in [0.1, 0.15) is 11.5 Å². The average molecular weight is 533 g/mol. The highest BCUT2D eigenvalue weighted by Crippen LogP contribution is 2.46. The highest BCUT2D eigenvalue weighted by molar-refractivity contribution is 6.82. The molecule has 38 heavy (non-hydrogen) atoms. The van der Waals surface area contributed by atoms with E-state index in [1.165, 1.54) is 48.8 Å². The highest BCUT2D eigenvalue weighted by atomic mass is 28.3. The van der Waals surface area contributed by atoms with Crippen molar-refractivity contribution in [3.05, 3.63) is 48.2 Å². The first kappa shape index (κ1) is 27.3. The summed E-state index contributed by atoms with van der Waals surface area (Å²) in [6.45, 7) is 18.2. The van der Waals surface area contributed by atoms with Crippen LogP contribution in [0, 0.1) is 0 Å². The molecule has 0 bridgehead atoms. The van der Waals surface area contributed by atoms with Gasteiger partial charge in [0.15, 0.2) is 8.24 Å². The van der Waals surface area contributed by atoms with E-state index in [9.17, 15) is 0 Å². The van der Waals surface area contributed by atoms with Gasteiger partial charge in [0.2, 0.25) is 0 Å². The van der Waals surface area contributed by atoms with E-state index in [0.717, 1.165) is 37.8 Å². The molecule has 0 unspecified atom stereocenters. The lowest BCUT2D eigenvalue weighted by Gasteiger charge is -2.44. The van der Waals surface area contributed by atoms with E-state index >= 15 is 0 Å². The Morgan fingerprint density at radius 2 is 1.58 bits per heavy atom. The molecular weight excluding hydrogens is 484 g/mol. The molecule has 3 heterocycles. The van der Waals surface area contributed by atoms with Gasteiger partial charge in [0.25, 0.3) is 0 Å². The number of anilines is 3.